The van der Waals surface area contributed by atoms with Crippen molar-refractivity contribution in [3.63, 3.8) is 0 Å². The summed E-state index contributed by atoms with van der Waals surface area (Å²) in [7, 11) is 0. The van der Waals surface area contributed by atoms with Crippen molar-refractivity contribution in [2.24, 2.45) is 0 Å². The third-order valence-corrected chi connectivity index (χ3v) is 3.20. The number of anilines is 2. The van der Waals surface area contributed by atoms with E-state index in [1.54, 1.807) is 12.3 Å². The minimum Gasteiger partial charge on any atom is -0.307 e. The lowest BCUT2D eigenvalue weighted by Crippen LogP contribution is -2.21. The lowest BCUT2D eigenvalue weighted by Gasteiger charge is -2.13. The van der Waals surface area contributed by atoms with E-state index in [0.717, 1.165) is 11.8 Å². The summed E-state index contributed by atoms with van der Waals surface area (Å²) in [5, 5.41) is 6.60. The zero-order valence-corrected chi connectivity index (χ0v) is 11.1. The van der Waals surface area contributed by atoms with E-state index in [9.17, 15) is 18.0 Å². The average Bonchev–Trinajstić information content (AvgIpc) is 2.73. The minimum atomic E-state index is -4.53. The highest BCUT2D eigenvalue weighted by Gasteiger charge is 2.33. The Kier molecular flexibility index (Phi) is 3.93. The van der Waals surface area contributed by atoms with Gasteiger partial charge in [-0.2, -0.15) is 13.2 Å². The topological polar surface area (TPSA) is 54.0 Å². The molecule has 4 nitrogen and oxygen atoms in total. The van der Waals surface area contributed by atoms with Crippen molar-refractivity contribution >= 4 is 28.2 Å². The summed E-state index contributed by atoms with van der Waals surface area (Å²) < 4.78 is 38.2. The van der Waals surface area contributed by atoms with E-state index < -0.39 is 17.8 Å². The molecule has 0 saturated heterocycles. The molecule has 2 amide bonds. The van der Waals surface area contributed by atoms with E-state index in [4.69, 9.17) is 0 Å². The molecular weight excluding hydrogens is 291 g/mol. The fourth-order valence-electron chi connectivity index (χ4n) is 1.50. The predicted molar refractivity (Wildman–Crippen MR) is 70.9 cm³/mol. The first-order chi connectivity index (χ1) is 9.36. The van der Waals surface area contributed by atoms with E-state index in [2.05, 4.69) is 15.6 Å². The average molecular weight is 301 g/mol. The molecule has 0 atom stereocenters. The van der Waals surface area contributed by atoms with Crippen molar-refractivity contribution in [1.29, 1.82) is 0 Å². The van der Waals surface area contributed by atoms with Crippen LogP contribution in [0.1, 0.15) is 11.3 Å². The molecule has 2 rings (SSSR count). The summed E-state index contributed by atoms with van der Waals surface area (Å²) in [6.07, 6.45) is -4.53. The van der Waals surface area contributed by atoms with Crippen molar-refractivity contribution in [1.82, 2.24) is 4.98 Å². The van der Waals surface area contributed by atoms with Crippen LogP contribution in [-0.2, 0) is 6.18 Å². The number of carbonyl (C=O) groups is 1. The lowest BCUT2D eigenvalue weighted by atomic mass is 10.1. The summed E-state index contributed by atoms with van der Waals surface area (Å²) in [6.45, 7) is 1.75. The third-order valence-electron chi connectivity index (χ3n) is 2.32. The van der Waals surface area contributed by atoms with Gasteiger partial charge in [-0.25, -0.2) is 9.78 Å². The molecule has 2 N–H and O–H groups in total. The first-order valence-corrected chi connectivity index (χ1v) is 6.40. The van der Waals surface area contributed by atoms with E-state index in [1.165, 1.54) is 29.5 Å². The van der Waals surface area contributed by atoms with Gasteiger partial charge in [-0.1, -0.05) is 12.1 Å². The zero-order valence-electron chi connectivity index (χ0n) is 10.3. The molecule has 0 saturated carbocycles. The molecule has 106 valence electrons. The van der Waals surface area contributed by atoms with Crippen LogP contribution in [0, 0.1) is 6.92 Å². The Morgan fingerprint density at radius 2 is 1.95 bits per heavy atom. The summed E-state index contributed by atoms with van der Waals surface area (Å²) >= 11 is 1.19. The van der Waals surface area contributed by atoms with E-state index >= 15 is 0 Å². The number of benzene rings is 1. The Labute approximate surface area is 116 Å². The van der Waals surface area contributed by atoms with Crippen molar-refractivity contribution in [2.75, 3.05) is 10.6 Å². The monoisotopic (exact) mass is 301 g/mol. The van der Waals surface area contributed by atoms with E-state index in [-0.39, 0.29) is 5.69 Å². The first-order valence-electron chi connectivity index (χ1n) is 5.52. The number of carbonyl (C=O) groups excluding carboxylic acids is 1. The van der Waals surface area contributed by atoms with Crippen LogP contribution in [0.4, 0.5) is 28.8 Å². The Morgan fingerprint density at radius 1 is 1.25 bits per heavy atom. The number of amides is 2. The molecule has 0 fully saturated rings. The molecule has 1 heterocycles. The number of thiazole rings is 1. The van der Waals surface area contributed by atoms with Gasteiger partial charge >= 0.3 is 12.2 Å². The highest BCUT2D eigenvalue weighted by Crippen LogP contribution is 2.34. The number of para-hydroxylation sites is 1. The molecule has 0 aliphatic carbocycles. The van der Waals surface area contributed by atoms with Gasteiger partial charge < -0.3 is 5.32 Å². The van der Waals surface area contributed by atoms with Gasteiger partial charge in [-0.15, -0.1) is 11.3 Å². The molecule has 8 heteroatoms. The predicted octanol–water partition coefficient (Wildman–Crippen LogP) is 4.11. The third kappa shape index (κ3) is 3.47. The fraction of sp³-hybridized carbons (Fsp3) is 0.167. The van der Waals surface area contributed by atoms with Crippen LogP contribution >= 0.6 is 11.3 Å². The maximum absolute atomic E-state index is 12.7. The SMILES string of the molecule is Cc1csc(NC(=O)Nc2ccccc2C(F)(F)F)n1. The standard InChI is InChI=1S/C12H10F3N3OS/c1-7-6-20-11(16-7)18-10(19)17-9-5-3-2-4-8(9)12(13,14)15/h2-6H,1H3,(H2,16,17,18,19). The summed E-state index contributed by atoms with van der Waals surface area (Å²) in [6, 6.07) is 4.00. The Bertz CT molecular complexity index is 624. The lowest BCUT2D eigenvalue weighted by molar-refractivity contribution is -0.136. The first kappa shape index (κ1) is 14.3. The van der Waals surface area contributed by atoms with Crippen LogP contribution in [0.2, 0.25) is 0 Å². The molecule has 2 aromatic rings. The number of rotatable bonds is 2. The number of aromatic nitrogens is 1. The number of alkyl halides is 3. The van der Waals surface area contributed by atoms with Crippen LogP contribution in [0.5, 0.6) is 0 Å². The molecule has 0 bridgehead atoms. The second-order valence-corrected chi connectivity index (χ2v) is 4.77. The van der Waals surface area contributed by atoms with E-state index in [0.29, 0.717) is 5.13 Å². The van der Waals surface area contributed by atoms with Gasteiger partial charge in [0.2, 0.25) is 0 Å². The molecule has 1 aromatic heterocycles. The van der Waals surface area contributed by atoms with Crippen molar-refractivity contribution in [3.05, 3.63) is 40.9 Å². The van der Waals surface area contributed by atoms with Crippen LogP contribution in [0.25, 0.3) is 0 Å². The van der Waals surface area contributed by atoms with Gasteiger partial charge in [0, 0.05) is 5.38 Å². The second-order valence-electron chi connectivity index (χ2n) is 3.92. The minimum absolute atomic E-state index is 0.300. The van der Waals surface area contributed by atoms with Gasteiger partial charge in [-0.05, 0) is 19.1 Å². The molecule has 0 radical (unpaired) electrons. The number of halogens is 3. The van der Waals surface area contributed by atoms with Gasteiger partial charge in [0.15, 0.2) is 5.13 Å². The van der Waals surface area contributed by atoms with Gasteiger partial charge in [0.25, 0.3) is 0 Å². The number of hydrogen-bond donors (Lipinski definition) is 2. The van der Waals surface area contributed by atoms with Crippen LogP contribution in [-0.4, -0.2) is 11.0 Å². The maximum atomic E-state index is 12.7. The Hall–Kier alpha value is -2.09. The van der Waals surface area contributed by atoms with E-state index in [1.807, 2.05) is 0 Å². The normalized spacial score (nSPS) is 11.2. The smallest absolute Gasteiger partial charge is 0.307 e. The van der Waals surface area contributed by atoms with Crippen molar-refractivity contribution in [3.8, 4) is 0 Å². The summed E-state index contributed by atoms with van der Waals surface area (Å²) in [5.74, 6) is 0. The Balaban J connectivity index is 2.12. The van der Waals surface area contributed by atoms with Crippen LogP contribution < -0.4 is 10.6 Å². The zero-order chi connectivity index (χ0) is 14.8. The number of aryl methyl sites for hydroxylation is 1. The molecular formula is C12H10F3N3OS. The molecule has 0 unspecified atom stereocenters. The molecule has 0 aliphatic rings. The molecule has 0 aliphatic heterocycles. The molecule has 0 spiro atoms. The highest BCUT2D eigenvalue weighted by atomic mass is 32.1. The van der Waals surface area contributed by atoms with Crippen LogP contribution in [0.3, 0.4) is 0 Å². The summed E-state index contributed by atoms with van der Waals surface area (Å²) in [4.78, 5) is 15.6. The molecule has 1 aromatic carbocycles. The van der Waals surface area contributed by atoms with Crippen molar-refractivity contribution in [2.45, 2.75) is 13.1 Å². The van der Waals surface area contributed by atoms with Crippen molar-refractivity contribution < 1.29 is 18.0 Å². The number of hydrogen-bond acceptors (Lipinski definition) is 3. The highest BCUT2D eigenvalue weighted by molar-refractivity contribution is 7.13. The number of urea groups is 1. The fourth-order valence-corrected chi connectivity index (χ4v) is 2.18. The summed E-state index contributed by atoms with van der Waals surface area (Å²) in [5.41, 5.74) is -0.475. The van der Waals surface area contributed by atoms with Crippen LogP contribution in [0.15, 0.2) is 29.6 Å². The molecule has 20 heavy (non-hydrogen) atoms. The van der Waals surface area contributed by atoms with Gasteiger partial charge in [0.05, 0.1) is 16.9 Å². The second kappa shape index (κ2) is 5.49. The maximum Gasteiger partial charge on any atom is 0.418 e. The Morgan fingerprint density at radius 3 is 2.55 bits per heavy atom. The van der Waals surface area contributed by atoms with Gasteiger partial charge in [-0.3, -0.25) is 5.32 Å². The number of nitrogens with one attached hydrogen (secondary N) is 2. The quantitative estimate of drug-likeness (QED) is 0.877. The number of nitrogens with zero attached hydrogens (tertiary/aromatic N) is 1. The largest absolute Gasteiger partial charge is 0.418 e. The van der Waals surface area contributed by atoms with Gasteiger partial charge in [0.1, 0.15) is 0 Å².